The van der Waals surface area contributed by atoms with Crippen LogP contribution in [-0.2, 0) is 0 Å². The molecule has 0 aliphatic rings. The van der Waals surface area contributed by atoms with Crippen molar-refractivity contribution in [2.24, 2.45) is 0 Å². The van der Waals surface area contributed by atoms with E-state index < -0.39 is 0 Å². The summed E-state index contributed by atoms with van der Waals surface area (Å²) in [5.41, 5.74) is 3.89. The monoisotopic (exact) mass is 363 g/mol. The summed E-state index contributed by atoms with van der Waals surface area (Å²) in [6.45, 7) is 9.61. The SMILES string of the molecule is C=C/C(C)=C\C=C(/C=C)c1cccc2nc(I)nn12. The lowest BCUT2D eigenvalue weighted by Crippen LogP contribution is -1.96. The average molecular weight is 363 g/mol. The standard InChI is InChI=1S/C15H14IN3/c1-4-11(3)9-10-12(5-2)13-7-6-8-14-17-15(16)18-19(13)14/h4-10H,1-2H2,3H3/b11-9-,12-10+. The number of aromatic nitrogens is 3. The number of halogens is 1. The molecule has 0 aliphatic carbocycles. The zero-order chi connectivity index (χ0) is 13.8. The lowest BCUT2D eigenvalue weighted by atomic mass is 10.1. The largest absolute Gasteiger partial charge is 0.212 e. The molecule has 2 rings (SSSR count). The molecule has 3 nitrogen and oxygen atoms in total. The molecule has 0 spiro atoms. The second-order valence-electron chi connectivity index (χ2n) is 4.00. The Morgan fingerprint density at radius 1 is 1.26 bits per heavy atom. The summed E-state index contributed by atoms with van der Waals surface area (Å²) in [6, 6.07) is 5.91. The van der Waals surface area contributed by atoms with Crippen molar-refractivity contribution in [1.29, 1.82) is 0 Å². The van der Waals surface area contributed by atoms with Gasteiger partial charge in [-0.2, -0.15) is 0 Å². The van der Waals surface area contributed by atoms with E-state index in [0.717, 1.165) is 26.3 Å². The zero-order valence-electron chi connectivity index (χ0n) is 10.7. The van der Waals surface area contributed by atoms with E-state index in [-0.39, 0.29) is 0 Å². The number of hydrogen-bond acceptors (Lipinski definition) is 2. The fourth-order valence-electron chi connectivity index (χ4n) is 1.64. The van der Waals surface area contributed by atoms with Crippen LogP contribution in [0.5, 0.6) is 0 Å². The first kappa shape index (κ1) is 13.7. The van der Waals surface area contributed by atoms with E-state index in [1.165, 1.54) is 0 Å². The molecule has 0 amide bonds. The summed E-state index contributed by atoms with van der Waals surface area (Å²) in [5.74, 6) is 0. The quantitative estimate of drug-likeness (QED) is 0.606. The molecule has 0 atom stereocenters. The first-order valence-corrected chi connectivity index (χ1v) is 6.88. The van der Waals surface area contributed by atoms with Gasteiger partial charge in [-0.25, -0.2) is 9.50 Å². The number of fused-ring (bicyclic) bond motifs is 1. The Morgan fingerprint density at radius 3 is 2.74 bits per heavy atom. The minimum Gasteiger partial charge on any atom is -0.212 e. The molecule has 0 saturated heterocycles. The van der Waals surface area contributed by atoms with Gasteiger partial charge in [0.1, 0.15) is 0 Å². The molecule has 0 saturated carbocycles. The van der Waals surface area contributed by atoms with Crippen LogP contribution in [0.15, 0.2) is 61.2 Å². The highest BCUT2D eigenvalue weighted by Crippen LogP contribution is 2.17. The van der Waals surface area contributed by atoms with E-state index in [4.69, 9.17) is 0 Å². The van der Waals surface area contributed by atoms with E-state index in [1.54, 1.807) is 0 Å². The number of hydrogen-bond donors (Lipinski definition) is 0. The van der Waals surface area contributed by atoms with Crippen molar-refractivity contribution in [2.75, 3.05) is 0 Å². The number of allylic oxidation sites excluding steroid dienone is 6. The second-order valence-corrected chi connectivity index (χ2v) is 4.97. The Balaban J connectivity index is 2.58. The first-order chi connectivity index (χ1) is 9.15. The van der Waals surface area contributed by atoms with Crippen LogP contribution in [0.1, 0.15) is 12.6 Å². The van der Waals surface area contributed by atoms with Crippen molar-refractivity contribution < 1.29 is 0 Å². The third-order valence-corrected chi connectivity index (χ3v) is 3.15. The van der Waals surface area contributed by atoms with Gasteiger partial charge >= 0.3 is 0 Å². The van der Waals surface area contributed by atoms with E-state index in [2.05, 4.69) is 45.8 Å². The molecular formula is C15H14IN3. The van der Waals surface area contributed by atoms with Gasteiger partial charge in [0.25, 0.3) is 0 Å². The van der Waals surface area contributed by atoms with Gasteiger partial charge in [0.15, 0.2) is 5.65 Å². The minimum absolute atomic E-state index is 0.728. The molecule has 0 bridgehead atoms. The van der Waals surface area contributed by atoms with Crippen LogP contribution in [0.2, 0.25) is 0 Å². The van der Waals surface area contributed by atoms with Crippen molar-refractivity contribution in [3.05, 3.63) is 70.8 Å². The Hall–Kier alpha value is -1.69. The van der Waals surface area contributed by atoms with Gasteiger partial charge in [-0.1, -0.05) is 49.1 Å². The molecule has 19 heavy (non-hydrogen) atoms. The van der Waals surface area contributed by atoms with Crippen molar-refractivity contribution in [1.82, 2.24) is 14.6 Å². The van der Waals surface area contributed by atoms with Crippen LogP contribution in [0.3, 0.4) is 0 Å². The molecule has 0 unspecified atom stereocenters. The maximum absolute atomic E-state index is 4.39. The molecule has 0 radical (unpaired) electrons. The summed E-state index contributed by atoms with van der Waals surface area (Å²) < 4.78 is 2.55. The molecule has 96 valence electrons. The summed E-state index contributed by atoms with van der Waals surface area (Å²) in [7, 11) is 0. The predicted octanol–water partition coefficient (Wildman–Crippen LogP) is 4.04. The highest BCUT2D eigenvalue weighted by Gasteiger charge is 2.06. The van der Waals surface area contributed by atoms with Crippen LogP contribution in [-0.4, -0.2) is 14.6 Å². The molecule has 0 fully saturated rings. The molecule has 2 heterocycles. The molecule has 4 heteroatoms. The fourth-order valence-corrected chi connectivity index (χ4v) is 2.11. The maximum atomic E-state index is 4.39. The van der Waals surface area contributed by atoms with Gasteiger partial charge in [-0.3, -0.25) is 0 Å². The van der Waals surface area contributed by atoms with Crippen LogP contribution in [0.25, 0.3) is 11.2 Å². The highest BCUT2D eigenvalue weighted by atomic mass is 127. The second kappa shape index (κ2) is 5.97. The van der Waals surface area contributed by atoms with E-state index >= 15 is 0 Å². The summed E-state index contributed by atoms with van der Waals surface area (Å²) in [5, 5.41) is 4.39. The third-order valence-electron chi connectivity index (χ3n) is 2.70. The Labute approximate surface area is 126 Å². The minimum atomic E-state index is 0.728. The Bertz CT molecular complexity index is 692. The van der Waals surface area contributed by atoms with E-state index in [0.29, 0.717) is 0 Å². The molecule has 2 aromatic heterocycles. The Kier molecular flexibility index (Phi) is 4.31. The van der Waals surface area contributed by atoms with Crippen LogP contribution in [0.4, 0.5) is 0 Å². The summed E-state index contributed by atoms with van der Waals surface area (Å²) in [6.07, 6.45) is 7.64. The average Bonchev–Trinajstić information content (AvgIpc) is 2.79. The third kappa shape index (κ3) is 3.01. The summed E-state index contributed by atoms with van der Waals surface area (Å²) >= 11 is 2.11. The van der Waals surface area contributed by atoms with Crippen molar-refractivity contribution in [3.8, 4) is 0 Å². The smallest absolute Gasteiger partial charge is 0.212 e. The van der Waals surface area contributed by atoms with Crippen LogP contribution < -0.4 is 0 Å². The van der Waals surface area contributed by atoms with Crippen LogP contribution >= 0.6 is 22.6 Å². The number of pyridine rings is 1. The number of nitrogens with zero attached hydrogens (tertiary/aromatic N) is 3. The van der Waals surface area contributed by atoms with Gasteiger partial charge in [-0.05, 0) is 24.6 Å². The lowest BCUT2D eigenvalue weighted by molar-refractivity contribution is 0.928. The van der Waals surface area contributed by atoms with Crippen molar-refractivity contribution >= 4 is 33.8 Å². The van der Waals surface area contributed by atoms with Gasteiger partial charge in [0, 0.05) is 22.6 Å². The molecular weight excluding hydrogens is 349 g/mol. The van der Waals surface area contributed by atoms with Crippen molar-refractivity contribution in [2.45, 2.75) is 6.92 Å². The molecule has 0 N–H and O–H groups in total. The number of rotatable bonds is 4. The first-order valence-electron chi connectivity index (χ1n) is 5.81. The van der Waals surface area contributed by atoms with Gasteiger partial charge < -0.3 is 0 Å². The maximum Gasteiger partial charge on any atom is 0.212 e. The zero-order valence-corrected chi connectivity index (χ0v) is 12.8. The van der Waals surface area contributed by atoms with Crippen LogP contribution in [0, 0.1) is 3.83 Å². The normalized spacial score (nSPS) is 12.7. The van der Waals surface area contributed by atoms with Crippen molar-refractivity contribution in [3.63, 3.8) is 0 Å². The van der Waals surface area contributed by atoms with Gasteiger partial charge in [-0.15, -0.1) is 5.10 Å². The van der Waals surface area contributed by atoms with Gasteiger partial charge in [0.05, 0.1) is 5.69 Å². The molecule has 2 aromatic rings. The predicted molar refractivity (Wildman–Crippen MR) is 87.8 cm³/mol. The lowest BCUT2D eigenvalue weighted by Gasteiger charge is -2.04. The van der Waals surface area contributed by atoms with E-state index in [1.807, 2.05) is 53.9 Å². The van der Waals surface area contributed by atoms with Gasteiger partial charge in [0.2, 0.25) is 3.83 Å². The molecule has 0 aliphatic heterocycles. The fraction of sp³-hybridized carbons (Fsp3) is 0.0667. The van der Waals surface area contributed by atoms with E-state index in [9.17, 15) is 0 Å². The Morgan fingerprint density at radius 2 is 2.05 bits per heavy atom. The molecule has 0 aromatic carbocycles. The topological polar surface area (TPSA) is 30.2 Å². The summed E-state index contributed by atoms with van der Waals surface area (Å²) in [4.78, 5) is 4.35. The highest BCUT2D eigenvalue weighted by molar-refractivity contribution is 14.1.